The molecule has 4 unspecified atom stereocenters. The summed E-state index contributed by atoms with van der Waals surface area (Å²) < 4.78 is 0. The van der Waals surface area contributed by atoms with Crippen molar-refractivity contribution in [1.29, 1.82) is 0 Å². The lowest BCUT2D eigenvalue weighted by Gasteiger charge is -2.20. The van der Waals surface area contributed by atoms with Crippen molar-refractivity contribution in [1.82, 2.24) is 0 Å². The Labute approximate surface area is 82.1 Å². The van der Waals surface area contributed by atoms with Crippen molar-refractivity contribution in [3.63, 3.8) is 0 Å². The molecule has 1 rings (SSSR count). The van der Waals surface area contributed by atoms with Crippen LogP contribution in [0.2, 0.25) is 0 Å². The molecule has 4 atom stereocenters. The fourth-order valence-electron chi connectivity index (χ4n) is 2.41. The third-order valence-electron chi connectivity index (χ3n) is 3.55. The van der Waals surface area contributed by atoms with Crippen LogP contribution >= 0.6 is 0 Å². The van der Waals surface area contributed by atoms with Gasteiger partial charge in [0.05, 0.1) is 0 Å². The molecular weight excluding hydrogens is 160 g/mol. The van der Waals surface area contributed by atoms with E-state index >= 15 is 0 Å². The van der Waals surface area contributed by atoms with Crippen LogP contribution in [0, 0.1) is 11.8 Å². The fraction of sp³-hybridized carbons (Fsp3) is 1.00. The van der Waals surface area contributed by atoms with Crippen LogP contribution in [0.1, 0.15) is 46.0 Å². The Hall–Kier alpha value is -0.0800. The lowest BCUT2D eigenvalue weighted by Crippen LogP contribution is -2.28. The van der Waals surface area contributed by atoms with Crippen LogP contribution in [0.5, 0.6) is 0 Å². The summed E-state index contributed by atoms with van der Waals surface area (Å²) in [5.74, 6) is 1.48. The maximum Gasteiger partial charge on any atom is 0.00387 e. The maximum absolute atomic E-state index is 5.93. The van der Waals surface area contributed by atoms with Gasteiger partial charge < -0.3 is 11.5 Å². The normalized spacial score (nSPS) is 35.1. The number of nitrogens with two attached hydrogens (primary N) is 2. The van der Waals surface area contributed by atoms with Crippen molar-refractivity contribution >= 4 is 0 Å². The largest absolute Gasteiger partial charge is 0.328 e. The molecule has 4 N–H and O–H groups in total. The van der Waals surface area contributed by atoms with Crippen LogP contribution in [-0.2, 0) is 0 Å². The Morgan fingerprint density at radius 1 is 0.846 bits per heavy atom. The molecule has 0 bridgehead atoms. The summed E-state index contributed by atoms with van der Waals surface area (Å²) in [7, 11) is 0. The molecular formula is C11H24N2. The van der Waals surface area contributed by atoms with Crippen molar-refractivity contribution < 1.29 is 0 Å². The van der Waals surface area contributed by atoms with E-state index in [0.29, 0.717) is 12.1 Å². The summed E-state index contributed by atoms with van der Waals surface area (Å²) in [6.45, 7) is 4.27. The zero-order chi connectivity index (χ0) is 9.84. The van der Waals surface area contributed by atoms with E-state index < -0.39 is 0 Å². The van der Waals surface area contributed by atoms with Crippen molar-refractivity contribution in [3.8, 4) is 0 Å². The minimum Gasteiger partial charge on any atom is -0.328 e. The Kier molecular flexibility index (Phi) is 4.20. The monoisotopic (exact) mass is 184 g/mol. The molecule has 1 aliphatic rings. The molecule has 0 radical (unpaired) electrons. The van der Waals surface area contributed by atoms with Gasteiger partial charge in [-0.3, -0.25) is 0 Å². The van der Waals surface area contributed by atoms with Crippen LogP contribution in [0.25, 0.3) is 0 Å². The van der Waals surface area contributed by atoms with E-state index in [1.807, 2.05) is 0 Å². The van der Waals surface area contributed by atoms with Gasteiger partial charge in [0.15, 0.2) is 0 Å². The Balaban J connectivity index is 2.39. The SMILES string of the molecule is CC(N)C1CCCC(C(C)N)CC1. The molecule has 2 nitrogen and oxygen atoms in total. The average molecular weight is 184 g/mol. The predicted molar refractivity (Wildman–Crippen MR) is 57.4 cm³/mol. The fourth-order valence-corrected chi connectivity index (χ4v) is 2.41. The smallest absolute Gasteiger partial charge is 0.00387 e. The molecule has 0 aromatic carbocycles. The van der Waals surface area contributed by atoms with Crippen molar-refractivity contribution in [2.75, 3.05) is 0 Å². The first-order valence-corrected chi connectivity index (χ1v) is 5.62. The van der Waals surface area contributed by atoms with Crippen LogP contribution < -0.4 is 11.5 Å². The third-order valence-corrected chi connectivity index (χ3v) is 3.55. The second kappa shape index (κ2) is 4.97. The van der Waals surface area contributed by atoms with Gasteiger partial charge >= 0.3 is 0 Å². The van der Waals surface area contributed by atoms with Crippen LogP contribution in [-0.4, -0.2) is 12.1 Å². The summed E-state index contributed by atoms with van der Waals surface area (Å²) in [5.41, 5.74) is 11.9. The minimum absolute atomic E-state index is 0.367. The van der Waals surface area contributed by atoms with Crippen molar-refractivity contribution in [2.45, 2.75) is 58.0 Å². The van der Waals surface area contributed by atoms with Gasteiger partial charge in [-0.05, 0) is 51.4 Å². The number of hydrogen-bond acceptors (Lipinski definition) is 2. The average Bonchev–Trinajstić information content (AvgIpc) is 2.27. The van der Waals surface area contributed by atoms with Gasteiger partial charge in [-0.1, -0.05) is 6.42 Å². The topological polar surface area (TPSA) is 52.0 Å². The molecule has 2 heteroatoms. The molecule has 0 heterocycles. The Bertz CT molecular complexity index is 127. The molecule has 1 aliphatic carbocycles. The van der Waals surface area contributed by atoms with E-state index in [1.54, 1.807) is 0 Å². The lowest BCUT2D eigenvalue weighted by atomic mass is 9.91. The molecule has 0 aromatic heterocycles. The van der Waals surface area contributed by atoms with E-state index in [-0.39, 0.29) is 0 Å². The first-order chi connectivity index (χ1) is 6.11. The first-order valence-electron chi connectivity index (χ1n) is 5.62. The molecule has 0 amide bonds. The Morgan fingerprint density at radius 2 is 1.23 bits per heavy atom. The second-order valence-corrected chi connectivity index (χ2v) is 4.75. The van der Waals surface area contributed by atoms with Crippen LogP contribution in [0.3, 0.4) is 0 Å². The summed E-state index contributed by atoms with van der Waals surface area (Å²) in [6, 6.07) is 0.735. The maximum atomic E-state index is 5.93. The van der Waals surface area contributed by atoms with Gasteiger partial charge in [-0.2, -0.15) is 0 Å². The summed E-state index contributed by atoms with van der Waals surface area (Å²) in [4.78, 5) is 0. The predicted octanol–water partition coefficient (Wildman–Crippen LogP) is 1.88. The number of rotatable bonds is 2. The molecule has 0 saturated heterocycles. The molecule has 13 heavy (non-hydrogen) atoms. The first kappa shape index (κ1) is 11.0. The zero-order valence-corrected chi connectivity index (χ0v) is 9.00. The number of hydrogen-bond donors (Lipinski definition) is 2. The highest BCUT2D eigenvalue weighted by Gasteiger charge is 2.22. The highest BCUT2D eigenvalue weighted by molar-refractivity contribution is 4.78. The molecule has 0 spiro atoms. The molecule has 1 saturated carbocycles. The highest BCUT2D eigenvalue weighted by Crippen LogP contribution is 2.29. The van der Waals surface area contributed by atoms with Gasteiger partial charge in [0.25, 0.3) is 0 Å². The summed E-state index contributed by atoms with van der Waals surface area (Å²) in [6.07, 6.45) is 6.49. The van der Waals surface area contributed by atoms with Crippen LogP contribution in [0.4, 0.5) is 0 Å². The van der Waals surface area contributed by atoms with Gasteiger partial charge in [0, 0.05) is 12.1 Å². The summed E-state index contributed by atoms with van der Waals surface area (Å²) >= 11 is 0. The molecule has 0 aromatic rings. The second-order valence-electron chi connectivity index (χ2n) is 4.75. The van der Waals surface area contributed by atoms with E-state index in [1.165, 1.54) is 32.1 Å². The summed E-state index contributed by atoms with van der Waals surface area (Å²) in [5, 5.41) is 0. The van der Waals surface area contributed by atoms with Gasteiger partial charge in [0.1, 0.15) is 0 Å². The lowest BCUT2D eigenvalue weighted by molar-refractivity contribution is 0.363. The zero-order valence-electron chi connectivity index (χ0n) is 9.00. The minimum atomic E-state index is 0.367. The van der Waals surface area contributed by atoms with Crippen molar-refractivity contribution in [2.24, 2.45) is 23.3 Å². The van der Waals surface area contributed by atoms with Crippen LogP contribution in [0.15, 0.2) is 0 Å². The quantitative estimate of drug-likeness (QED) is 0.644. The Morgan fingerprint density at radius 3 is 1.54 bits per heavy atom. The third kappa shape index (κ3) is 3.28. The molecule has 78 valence electrons. The van der Waals surface area contributed by atoms with Crippen molar-refractivity contribution in [3.05, 3.63) is 0 Å². The van der Waals surface area contributed by atoms with E-state index in [9.17, 15) is 0 Å². The van der Waals surface area contributed by atoms with E-state index in [2.05, 4.69) is 13.8 Å². The highest BCUT2D eigenvalue weighted by atomic mass is 14.6. The molecule has 1 fully saturated rings. The van der Waals surface area contributed by atoms with Gasteiger partial charge in [-0.25, -0.2) is 0 Å². The standard InChI is InChI=1S/C11H24N2/c1-8(12)10-4-3-5-11(7-6-10)9(2)13/h8-11H,3-7,12-13H2,1-2H3. The van der Waals surface area contributed by atoms with Gasteiger partial charge in [-0.15, -0.1) is 0 Å². The molecule has 0 aliphatic heterocycles. The van der Waals surface area contributed by atoms with Gasteiger partial charge in [0.2, 0.25) is 0 Å². The van der Waals surface area contributed by atoms with E-state index in [4.69, 9.17) is 11.5 Å². The van der Waals surface area contributed by atoms with E-state index in [0.717, 1.165) is 11.8 Å².